The van der Waals surface area contributed by atoms with Crippen LogP contribution in [0.4, 0.5) is 0 Å². The second-order valence-electron chi connectivity index (χ2n) is 6.06. The zero-order chi connectivity index (χ0) is 15.0. The summed E-state index contributed by atoms with van der Waals surface area (Å²) in [6.07, 6.45) is 1.76. The van der Waals surface area contributed by atoms with E-state index in [9.17, 15) is 5.11 Å². The topological polar surface area (TPSA) is 23.5 Å². The van der Waals surface area contributed by atoms with Gasteiger partial charge in [-0.2, -0.15) is 0 Å². The van der Waals surface area contributed by atoms with Crippen LogP contribution in [-0.2, 0) is 12.8 Å². The summed E-state index contributed by atoms with van der Waals surface area (Å²) in [7, 11) is 0. The van der Waals surface area contributed by atoms with Crippen molar-refractivity contribution in [1.82, 2.24) is 4.90 Å². The van der Waals surface area contributed by atoms with Gasteiger partial charge in [0, 0.05) is 6.04 Å². The highest BCUT2D eigenvalue weighted by Gasteiger charge is 2.26. The molecule has 0 bridgehead atoms. The van der Waals surface area contributed by atoms with Gasteiger partial charge in [-0.25, -0.2) is 0 Å². The van der Waals surface area contributed by atoms with E-state index in [1.165, 1.54) is 21.9 Å². The molecule has 1 aliphatic carbocycles. The van der Waals surface area contributed by atoms with E-state index < -0.39 is 6.10 Å². The average molecular weight is 283 g/mol. The summed E-state index contributed by atoms with van der Waals surface area (Å²) >= 11 is 0. The molecule has 0 amide bonds. The molecular formula is C19H25NO. The molecule has 112 valence electrons. The third-order valence-electron chi connectivity index (χ3n) is 5.08. The van der Waals surface area contributed by atoms with Gasteiger partial charge in [0.05, 0.1) is 6.10 Å². The minimum atomic E-state index is -0.407. The van der Waals surface area contributed by atoms with Crippen molar-refractivity contribution in [1.29, 1.82) is 0 Å². The van der Waals surface area contributed by atoms with Crippen LogP contribution in [0.5, 0.6) is 0 Å². The molecule has 3 rings (SSSR count). The van der Waals surface area contributed by atoms with E-state index in [-0.39, 0.29) is 6.04 Å². The minimum absolute atomic E-state index is 0.154. The molecule has 2 heteroatoms. The van der Waals surface area contributed by atoms with Crippen molar-refractivity contribution in [3.05, 3.63) is 47.0 Å². The van der Waals surface area contributed by atoms with Gasteiger partial charge >= 0.3 is 0 Å². The molecule has 0 spiro atoms. The molecule has 0 saturated carbocycles. The van der Waals surface area contributed by atoms with Crippen molar-refractivity contribution in [3.63, 3.8) is 0 Å². The van der Waals surface area contributed by atoms with E-state index in [0.717, 1.165) is 31.5 Å². The summed E-state index contributed by atoms with van der Waals surface area (Å²) in [6, 6.07) is 11.0. The number of hydrogen-bond donors (Lipinski definition) is 1. The largest absolute Gasteiger partial charge is 0.387 e. The van der Waals surface area contributed by atoms with Crippen molar-refractivity contribution >= 4 is 10.8 Å². The van der Waals surface area contributed by atoms with Gasteiger partial charge in [0.2, 0.25) is 0 Å². The van der Waals surface area contributed by atoms with E-state index in [2.05, 4.69) is 56.0 Å². The predicted molar refractivity (Wildman–Crippen MR) is 88.7 cm³/mol. The number of rotatable bonds is 5. The minimum Gasteiger partial charge on any atom is -0.387 e. The molecule has 0 radical (unpaired) electrons. The summed E-state index contributed by atoms with van der Waals surface area (Å²) in [5.41, 5.74) is 3.94. The molecule has 2 nitrogen and oxygen atoms in total. The van der Waals surface area contributed by atoms with Crippen LogP contribution < -0.4 is 0 Å². The van der Waals surface area contributed by atoms with E-state index >= 15 is 0 Å². The lowest BCUT2D eigenvalue weighted by Gasteiger charge is -2.31. The molecule has 1 N–H and O–H groups in total. The molecule has 2 aromatic rings. The highest BCUT2D eigenvalue weighted by Crippen LogP contribution is 2.36. The van der Waals surface area contributed by atoms with Gasteiger partial charge in [-0.1, -0.05) is 44.2 Å². The van der Waals surface area contributed by atoms with Gasteiger partial charge < -0.3 is 5.11 Å². The zero-order valence-electron chi connectivity index (χ0n) is 13.3. The summed E-state index contributed by atoms with van der Waals surface area (Å²) in [5.74, 6) is 0. The Labute approximate surface area is 127 Å². The van der Waals surface area contributed by atoms with Crippen LogP contribution in [0, 0.1) is 0 Å². The second kappa shape index (κ2) is 5.78. The van der Waals surface area contributed by atoms with Crippen LogP contribution in [-0.4, -0.2) is 29.1 Å². The zero-order valence-corrected chi connectivity index (χ0v) is 13.3. The molecule has 2 atom stereocenters. The number of aliphatic hydroxyl groups is 1. The molecule has 0 unspecified atom stereocenters. The molecule has 0 heterocycles. The third kappa shape index (κ3) is 2.37. The van der Waals surface area contributed by atoms with Crippen LogP contribution in [0.25, 0.3) is 10.8 Å². The van der Waals surface area contributed by atoms with Crippen molar-refractivity contribution < 1.29 is 5.11 Å². The molecule has 2 aromatic carbocycles. The predicted octanol–water partition coefficient (Wildman–Crippen LogP) is 3.70. The van der Waals surface area contributed by atoms with E-state index in [1.807, 2.05) is 0 Å². The Morgan fingerprint density at radius 3 is 2.57 bits per heavy atom. The van der Waals surface area contributed by atoms with Crippen LogP contribution >= 0.6 is 0 Å². The summed E-state index contributed by atoms with van der Waals surface area (Å²) < 4.78 is 0. The molecular weight excluding hydrogens is 258 g/mol. The Morgan fingerprint density at radius 1 is 1.10 bits per heavy atom. The Bertz CT molecular complexity index is 645. The first-order valence-electron chi connectivity index (χ1n) is 8.12. The van der Waals surface area contributed by atoms with Crippen LogP contribution in [0.15, 0.2) is 30.3 Å². The Hall–Kier alpha value is -1.38. The van der Waals surface area contributed by atoms with Crippen molar-refractivity contribution in [2.75, 3.05) is 13.1 Å². The van der Waals surface area contributed by atoms with Crippen molar-refractivity contribution in [3.8, 4) is 0 Å². The molecule has 0 fully saturated rings. The molecule has 1 aliphatic rings. The Balaban J connectivity index is 2.03. The van der Waals surface area contributed by atoms with Crippen LogP contribution in [0.3, 0.4) is 0 Å². The molecule has 21 heavy (non-hydrogen) atoms. The average Bonchev–Trinajstić information content (AvgIpc) is 2.94. The normalized spacial score (nSPS) is 16.6. The fraction of sp³-hybridized carbons (Fsp3) is 0.474. The number of likely N-dealkylation sites (N-methyl/N-ethyl adjacent to an activating group) is 1. The first kappa shape index (κ1) is 14.6. The van der Waals surface area contributed by atoms with E-state index in [1.54, 1.807) is 0 Å². The number of aryl methyl sites for hydroxylation is 2. The maximum atomic E-state index is 10.9. The highest BCUT2D eigenvalue weighted by molar-refractivity contribution is 5.91. The highest BCUT2D eigenvalue weighted by atomic mass is 16.3. The molecule has 0 aromatic heterocycles. The lowest BCUT2D eigenvalue weighted by Crippen LogP contribution is -2.37. The number of nitrogens with zero attached hydrogens (tertiary/aromatic N) is 1. The number of aliphatic hydroxyl groups excluding tert-OH is 1. The quantitative estimate of drug-likeness (QED) is 0.904. The second-order valence-corrected chi connectivity index (χ2v) is 6.06. The van der Waals surface area contributed by atoms with E-state index in [4.69, 9.17) is 0 Å². The molecule has 0 saturated heterocycles. The third-order valence-corrected chi connectivity index (χ3v) is 5.08. The summed E-state index contributed by atoms with van der Waals surface area (Å²) in [6.45, 7) is 8.40. The van der Waals surface area contributed by atoms with E-state index in [0.29, 0.717) is 0 Å². The van der Waals surface area contributed by atoms with Gasteiger partial charge in [0.25, 0.3) is 0 Å². The Morgan fingerprint density at radius 2 is 1.86 bits per heavy atom. The van der Waals surface area contributed by atoms with Crippen molar-refractivity contribution in [2.24, 2.45) is 0 Å². The maximum Gasteiger partial charge on any atom is 0.0945 e. The SMILES string of the molecule is CCN(CC)[C@H](C)[C@H](O)c1ccc2cccc3c2c1CC3. The fourth-order valence-electron chi connectivity index (χ4n) is 3.82. The lowest BCUT2D eigenvalue weighted by atomic mass is 9.93. The summed E-state index contributed by atoms with van der Waals surface area (Å²) in [4.78, 5) is 2.32. The van der Waals surface area contributed by atoms with Gasteiger partial charge in [-0.3, -0.25) is 4.90 Å². The Kier molecular flexibility index (Phi) is 4.01. The lowest BCUT2D eigenvalue weighted by molar-refractivity contribution is 0.0633. The number of benzene rings is 2. The first-order valence-corrected chi connectivity index (χ1v) is 8.12. The first-order chi connectivity index (χ1) is 10.2. The smallest absolute Gasteiger partial charge is 0.0945 e. The summed E-state index contributed by atoms with van der Waals surface area (Å²) in [5, 5.41) is 13.6. The van der Waals surface area contributed by atoms with Crippen LogP contribution in [0.2, 0.25) is 0 Å². The fourth-order valence-corrected chi connectivity index (χ4v) is 3.82. The van der Waals surface area contributed by atoms with Gasteiger partial charge in [-0.05, 0) is 60.3 Å². The molecule has 0 aliphatic heterocycles. The maximum absolute atomic E-state index is 10.9. The van der Waals surface area contributed by atoms with Crippen LogP contribution in [0.1, 0.15) is 43.6 Å². The van der Waals surface area contributed by atoms with Gasteiger partial charge in [0.1, 0.15) is 0 Å². The standard InChI is InChI=1S/C19H25NO/c1-4-20(5-2)13(3)19(21)17-12-10-15-8-6-7-14-9-11-16(17)18(14)15/h6-8,10,12-13,19,21H,4-5,9,11H2,1-3H3/t13-,19+/m1/s1. The monoisotopic (exact) mass is 283 g/mol. The van der Waals surface area contributed by atoms with Crippen molar-refractivity contribution in [2.45, 2.75) is 45.8 Å². The van der Waals surface area contributed by atoms with Gasteiger partial charge in [0.15, 0.2) is 0 Å². The van der Waals surface area contributed by atoms with Gasteiger partial charge in [-0.15, -0.1) is 0 Å². The number of hydrogen-bond acceptors (Lipinski definition) is 2.